The van der Waals surface area contributed by atoms with Crippen LogP contribution in [0.2, 0.25) is 0 Å². The number of fused-ring (bicyclic) bond motifs is 1. The van der Waals surface area contributed by atoms with Gasteiger partial charge in [-0.15, -0.1) is 12.4 Å². The van der Waals surface area contributed by atoms with E-state index in [1.807, 2.05) is 24.3 Å². The number of hydrogen-bond donors (Lipinski definition) is 2. The summed E-state index contributed by atoms with van der Waals surface area (Å²) < 4.78 is 0. The molecule has 0 bridgehead atoms. The largest absolute Gasteiger partial charge is 0.330 e. The molecule has 1 saturated heterocycles. The standard InChI is InChI=1S/C16H22N4O2.ClH/c1-16(10-17)6-7-19(11-16)9-15(22)20-8-14(21)18-12-4-2-3-5-13(12)20;/h2-5H,6-11,17H2,1H3,(H,18,21);1H. The van der Waals surface area contributed by atoms with Gasteiger partial charge < -0.3 is 11.1 Å². The third kappa shape index (κ3) is 3.65. The van der Waals surface area contributed by atoms with Gasteiger partial charge in [0, 0.05) is 6.54 Å². The molecule has 6 nitrogen and oxygen atoms in total. The van der Waals surface area contributed by atoms with Crippen LogP contribution >= 0.6 is 12.4 Å². The molecule has 0 saturated carbocycles. The van der Waals surface area contributed by atoms with Crippen molar-refractivity contribution in [3.05, 3.63) is 24.3 Å². The fraction of sp³-hybridized carbons (Fsp3) is 0.500. The fourth-order valence-corrected chi connectivity index (χ4v) is 3.16. The van der Waals surface area contributed by atoms with Crippen LogP contribution in [-0.4, -0.2) is 49.4 Å². The Kier molecular flexibility index (Phi) is 5.29. The maximum atomic E-state index is 12.6. The molecular formula is C16H23ClN4O2. The van der Waals surface area contributed by atoms with E-state index in [0.717, 1.165) is 25.2 Å². The lowest BCUT2D eigenvalue weighted by Gasteiger charge is -2.30. The number of halogens is 1. The number of nitrogens with two attached hydrogens (primary N) is 1. The molecule has 0 spiro atoms. The van der Waals surface area contributed by atoms with E-state index in [0.29, 0.717) is 18.8 Å². The minimum absolute atomic E-state index is 0. The van der Waals surface area contributed by atoms with E-state index < -0.39 is 0 Å². The van der Waals surface area contributed by atoms with E-state index in [-0.39, 0.29) is 36.2 Å². The molecule has 2 aliphatic heterocycles. The Morgan fingerprint density at radius 3 is 2.83 bits per heavy atom. The van der Waals surface area contributed by atoms with Crippen LogP contribution < -0.4 is 16.0 Å². The molecule has 0 radical (unpaired) electrons. The normalized spacial score (nSPS) is 23.9. The van der Waals surface area contributed by atoms with Gasteiger partial charge in [-0.3, -0.25) is 19.4 Å². The monoisotopic (exact) mass is 338 g/mol. The van der Waals surface area contributed by atoms with Crippen molar-refractivity contribution < 1.29 is 9.59 Å². The van der Waals surface area contributed by atoms with Crippen LogP contribution in [0.15, 0.2) is 24.3 Å². The quantitative estimate of drug-likeness (QED) is 0.864. The summed E-state index contributed by atoms with van der Waals surface area (Å²) in [6.45, 7) is 4.90. The van der Waals surface area contributed by atoms with E-state index in [1.165, 1.54) is 0 Å². The highest BCUT2D eigenvalue weighted by atomic mass is 35.5. The summed E-state index contributed by atoms with van der Waals surface area (Å²) in [6, 6.07) is 7.40. The summed E-state index contributed by atoms with van der Waals surface area (Å²) in [7, 11) is 0. The second-order valence-corrected chi connectivity index (χ2v) is 6.52. The maximum Gasteiger partial charge on any atom is 0.244 e. The zero-order valence-corrected chi connectivity index (χ0v) is 14.1. The molecule has 2 aliphatic rings. The van der Waals surface area contributed by atoms with Crippen LogP contribution in [0.25, 0.3) is 0 Å². The molecule has 1 atom stereocenters. The molecule has 7 heteroatoms. The lowest BCUT2D eigenvalue weighted by atomic mass is 9.90. The van der Waals surface area contributed by atoms with Gasteiger partial charge in [-0.25, -0.2) is 0 Å². The molecule has 2 amide bonds. The number of para-hydroxylation sites is 2. The van der Waals surface area contributed by atoms with E-state index in [9.17, 15) is 9.59 Å². The van der Waals surface area contributed by atoms with Gasteiger partial charge >= 0.3 is 0 Å². The number of carbonyl (C=O) groups excluding carboxylic acids is 2. The van der Waals surface area contributed by atoms with Crippen molar-refractivity contribution in [2.75, 3.05) is 42.9 Å². The SMILES string of the molecule is CC1(CN)CCN(CC(=O)N2CC(=O)Nc3ccccc32)C1.Cl. The highest BCUT2D eigenvalue weighted by Gasteiger charge is 2.35. The van der Waals surface area contributed by atoms with E-state index in [2.05, 4.69) is 17.1 Å². The number of carbonyl (C=O) groups is 2. The molecule has 2 heterocycles. The number of anilines is 2. The Morgan fingerprint density at radius 2 is 2.13 bits per heavy atom. The van der Waals surface area contributed by atoms with Gasteiger partial charge in [0.25, 0.3) is 0 Å². The van der Waals surface area contributed by atoms with Crippen LogP contribution in [0.5, 0.6) is 0 Å². The third-order valence-electron chi connectivity index (χ3n) is 4.56. The van der Waals surface area contributed by atoms with E-state index in [4.69, 9.17) is 5.73 Å². The Hall–Kier alpha value is -1.63. The van der Waals surface area contributed by atoms with E-state index >= 15 is 0 Å². The van der Waals surface area contributed by atoms with Crippen molar-refractivity contribution in [3.63, 3.8) is 0 Å². The van der Waals surface area contributed by atoms with Crippen molar-refractivity contribution in [2.45, 2.75) is 13.3 Å². The molecular weight excluding hydrogens is 316 g/mol. The summed E-state index contributed by atoms with van der Waals surface area (Å²) >= 11 is 0. The Labute approximate surface area is 142 Å². The molecule has 3 N–H and O–H groups in total. The molecule has 126 valence electrons. The first-order valence-corrected chi connectivity index (χ1v) is 7.62. The lowest BCUT2D eigenvalue weighted by molar-refractivity contribution is -0.122. The molecule has 1 aromatic rings. The van der Waals surface area contributed by atoms with Gasteiger partial charge in [-0.05, 0) is 37.1 Å². The highest BCUT2D eigenvalue weighted by molar-refractivity contribution is 6.10. The number of rotatable bonds is 3. The van der Waals surface area contributed by atoms with E-state index in [1.54, 1.807) is 4.90 Å². The van der Waals surface area contributed by atoms with Crippen LogP contribution in [0.1, 0.15) is 13.3 Å². The number of nitrogens with zero attached hydrogens (tertiary/aromatic N) is 2. The molecule has 3 rings (SSSR count). The average Bonchev–Trinajstić information content (AvgIpc) is 2.88. The molecule has 0 aromatic heterocycles. The Balaban J connectivity index is 0.00000192. The van der Waals surface area contributed by atoms with Gasteiger partial charge in [0.15, 0.2) is 0 Å². The molecule has 23 heavy (non-hydrogen) atoms. The molecule has 0 aliphatic carbocycles. The third-order valence-corrected chi connectivity index (χ3v) is 4.56. The average molecular weight is 339 g/mol. The smallest absolute Gasteiger partial charge is 0.244 e. The van der Waals surface area contributed by atoms with Crippen molar-refractivity contribution in [3.8, 4) is 0 Å². The minimum atomic E-state index is -0.153. The second kappa shape index (κ2) is 6.86. The summed E-state index contributed by atoms with van der Waals surface area (Å²) in [5.41, 5.74) is 7.37. The van der Waals surface area contributed by atoms with Crippen molar-refractivity contribution in [2.24, 2.45) is 11.1 Å². The summed E-state index contributed by atoms with van der Waals surface area (Å²) in [5.74, 6) is -0.191. The van der Waals surface area contributed by atoms with Crippen LogP contribution in [0, 0.1) is 5.41 Å². The van der Waals surface area contributed by atoms with Gasteiger partial charge in [0.2, 0.25) is 11.8 Å². The molecule has 1 fully saturated rings. The predicted octanol–water partition coefficient (Wildman–Crippen LogP) is 1.06. The first-order valence-electron chi connectivity index (χ1n) is 7.62. The van der Waals surface area contributed by atoms with Gasteiger partial charge in [-0.2, -0.15) is 0 Å². The number of hydrogen-bond acceptors (Lipinski definition) is 4. The molecule has 1 aromatic carbocycles. The maximum absolute atomic E-state index is 12.6. The lowest BCUT2D eigenvalue weighted by Crippen LogP contribution is -2.46. The van der Waals surface area contributed by atoms with Crippen molar-refractivity contribution in [1.82, 2.24) is 4.90 Å². The summed E-state index contributed by atoms with van der Waals surface area (Å²) in [6.07, 6.45) is 1.01. The number of nitrogens with one attached hydrogen (secondary N) is 1. The number of amides is 2. The molecule has 1 unspecified atom stereocenters. The predicted molar refractivity (Wildman–Crippen MR) is 92.9 cm³/mol. The van der Waals surface area contributed by atoms with Gasteiger partial charge in [0.1, 0.15) is 6.54 Å². The van der Waals surface area contributed by atoms with Crippen LogP contribution in [0.3, 0.4) is 0 Å². The van der Waals surface area contributed by atoms with Crippen LogP contribution in [0.4, 0.5) is 11.4 Å². The van der Waals surface area contributed by atoms with Crippen molar-refractivity contribution in [1.29, 1.82) is 0 Å². The Morgan fingerprint density at radius 1 is 1.39 bits per heavy atom. The Bertz CT molecular complexity index is 609. The topological polar surface area (TPSA) is 78.7 Å². The zero-order valence-electron chi connectivity index (χ0n) is 13.2. The highest BCUT2D eigenvalue weighted by Crippen LogP contribution is 2.31. The minimum Gasteiger partial charge on any atom is -0.330 e. The summed E-state index contributed by atoms with van der Waals surface area (Å²) in [5, 5.41) is 2.80. The van der Waals surface area contributed by atoms with Gasteiger partial charge in [-0.1, -0.05) is 19.1 Å². The van der Waals surface area contributed by atoms with Gasteiger partial charge in [0.05, 0.1) is 17.9 Å². The number of likely N-dealkylation sites (tertiary alicyclic amines) is 1. The first kappa shape index (κ1) is 17.7. The van der Waals surface area contributed by atoms with Crippen LogP contribution in [-0.2, 0) is 9.59 Å². The first-order chi connectivity index (χ1) is 10.5. The second-order valence-electron chi connectivity index (χ2n) is 6.52. The fourth-order valence-electron chi connectivity index (χ4n) is 3.16. The van der Waals surface area contributed by atoms with Crippen molar-refractivity contribution >= 4 is 35.6 Å². The summed E-state index contributed by atoms with van der Waals surface area (Å²) in [4.78, 5) is 28.1. The zero-order chi connectivity index (χ0) is 15.7. The number of benzene rings is 1.